The third-order valence-electron chi connectivity index (χ3n) is 5.71. The molecule has 5 rings (SSSR count). The molecule has 2 aromatic heterocycles. The van der Waals surface area contributed by atoms with Crippen molar-refractivity contribution in [3.8, 4) is 0 Å². The number of pyridine rings is 1. The van der Waals surface area contributed by atoms with Crippen LogP contribution in [0.3, 0.4) is 0 Å². The maximum Gasteiger partial charge on any atom is 0.272 e. The Kier molecular flexibility index (Phi) is 5.43. The molecular weight excluding hydrogens is 410 g/mol. The molecule has 0 saturated carbocycles. The summed E-state index contributed by atoms with van der Waals surface area (Å²) in [5, 5.41) is 1.74. The minimum absolute atomic E-state index is 0.0406. The summed E-state index contributed by atoms with van der Waals surface area (Å²) in [4.78, 5) is 24.0. The van der Waals surface area contributed by atoms with Gasteiger partial charge in [0.2, 0.25) is 0 Å². The van der Waals surface area contributed by atoms with Crippen LogP contribution in [0.4, 0.5) is 0 Å². The highest BCUT2D eigenvalue weighted by molar-refractivity contribution is 6.30. The van der Waals surface area contributed by atoms with Crippen molar-refractivity contribution in [1.82, 2.24) is 14.9 Å². The Morgan fingerprint density at radius 3 is 2.94 bits per heavy atom. The van der Waals surface area contributed by atoms with E-state index in [4.69, 9.17) is 16.0 Å². The fourth-order valence-electron chi connectivity index (χ4n) is 4.15. The van der Waals surface area contributed by atoms with Crippen LogP contribution in [-0.2, 0) is 6.42 Å². The summed E-state index contributed by atoms with van der Waals surface area (Å²) < 4.78 is 6.05. The van der Waals surface area contributed by atoms with Gasteiger partial charge in [-0.1, -0.05) is 48.0 Å². The highest BCUT2D eigenvalue weighted by Crippen LogP contribution is 2.28. The van der Waals surface area contributed by atoms with Crippen LogP contribution >= 0.6 is 11.6 Å². The van der Waals surface area contributed by atoms with E-state index >= 15 is 0 Å². The van der Waals surface area contributed by atoms with Gasteiger partial charge in [0.25, 0.3) is 5.91 Å². The molecule has 1 aliphatic heterocycles. The number of hydrogen-bond donors (Lipinski definition) is 0. The Bertz CT molecular complexity index is 1240. The van der Waals surface area contributed by atoms with Crippen LogP contribution in [0.25, 0.3) is 10.9 Å². The Morgan fingerprint density at radius 2 is 2.03 bits per heavy atom. The fraction of sp³-hybridized carbons (Fsp3) is 0.240. The smallest absolute Gasteiger partial charge is 0.272 e. The summed E-state index contributed by atoms with van der Waals surface area (Å²) >= 11 is 6.08. The number of para-hydroxylation sites is 1. The second-order valence-electron chi connectivity index (χ2n) is 7.95. The van der Waals surface area contributed by atoms with Crippen molar-refractivity contribution in [1.29, 1.82) is 0 Å². The fourth-order valence-corrected chi connectivity index (χ4v) is 4.36. The molecule has 0 bridgehead atoms. The number of nitrogens with zero attached hydrogens (tertiary/aromatic N) is 3. The molecule has 6 heteroatoms. The van der Waals surface area contributed by atoms with Crippen molar-refractivity contribution in [3.05, 3.63) is 94.8 Å². The summed E-state index contributed by atoms with van der Waals surface area (Å²) in [7, 11) is 0. The second-order valence-corrected chi connectivity index (χ2v) is 8.39. The molecule has 2 aromatic carbocycles. The molecule has 0 N–H and O–H groups in total. The Hall–Kier alpha value is -3.18. The molecule has 5 nitrogen and oxygen atoms in total. The summed E-state index contributed by atoms with van der Waals surface area (Å²) in [6.45, 7) is 1.31. The van der Waals surface area contributed by atoms with Gasteiger partial charge in [0, 0.05) is 29.9 Å². The molecule has 1 unspecified atom stereocenters. The SMILES string of the molecule is O=C(c1ccc2ccccc2n1)N1CCCC(c2ncc(Cc3cccc(Cl)c3)o2)C1. The zero-order valence-corrected chi connectivity index (χ0v) is 17.8. The summed E-state index contributed by atoms with van der Waals surface area (Å²) in [5.41, 5.74) is 2.40. The Balaban J connectivity index is 1.29. The van der Waals surface area contributed by atoms with E-state index < -0.39 is 0 Å². The largest absolute Gasteiger partial charge is 0.445 e. The molecular formula is C25H22ClN3O2. The zero-order valence-electron chi connectivity index (χ0n) is 17.0. The van der Waals surface area contributed by atoms with Gasteiger partial charge in [-0.2, -0.15) is 0 Å². The van der Waals surface area contributed by atoms with E-state index in [-0.39, 0.29) is 11.8 Å². The molecule has 4 aromatic rings. The number of carbonyl (C=O) groups is 1. The molecule has 31 heavy (non-hydrogen) atoms. The maximum atomic E-state index is 13.1. The summed E-state index contributed by atoms with van der Waals surface area (Å²) in [6.07, 6.45) is 4.29. The van der Waals surface area contributed by atoms with Crippen molar-refractivity contribution >= 4 is 28.4 Å². The lowest BCUT2D eigenvalue weighted by molar-refractivity contribution is 0.0692. The third kappa shape index (κ3) is 4.32. The number of oxazole rings is 1. The van der Waals surface area contributed by atoms with Crippen LogP contribution in [0, 0.1) is 0 Å². The molecule has 0 radical (unpaired) electrons. The number of hydrogen-bond acceptors (Lipinski definition) is 4. The van der Waals surface area contributed by atoms with Gasteiger partial charge in [-0.15, -0.1) is 0 Å². The summed E-state index contributed by atoms with van der Waals surface area (Å²) in [5.74, 6) is 1.55. The number of piperidine rings is 1. The number of fused-ring (bicyclic) bond motifs is 1. The minimum atomic E-state index is -0.0406. The third-order valence-corrected chi connectivity index (χ3v) is 5.95. The first-order valence-corrected chi connectivity index (χ1v) is 10.9. The van der Waals surface area contributed by atoms with Gasteiger partial charge in [0.15, 0.2) is 5.89 Å². The van der Waals surface area contributed by atoms with Gasteiger partial charge in [0.1, 0.15) is 11.5 Å². The Morgan fingerprint density at radius 1 is 1.13 bits per heavy atom. The monoisotopic (exact) mass is 431 g/mol. The number of amides is 1. The van der Waals surface area contributed by atoms with Gasteiger partial charge in [-0.25, -0.2) is 9.97 Å². The first-order valence-electron chi connectivity index (χ1n) is 10.5. The van der Waals surface area contributed by atoms with Gasteiger partial charge in [-0.3, -0.25) is 4.79 Å². The number of rotatable bonds is 4. The lowest BCUT2D eigenvalue weighted by Gasteiger charge is -2.31. The maximum absolute atomic E-state index is 13.1. The van der Waals surface area contributed by atoms with Crippen LogP contribution in [0.5, 0.6) is 0 Å². The average molecular weight is 432 g/mol. The molecule has 0 aliphatic carbocycles. The van der Waals surface area contributed by atoms with E-state index in [9.17, 15) is 4.79 Å². The first kappa shape index (κ1) is 19.8. The highest BCUT2D eigenvalue weighted by Gasteiger charge is 2.29. The van der Waals surface area contributed by atoms with E-state index in [2.05, 4.69) is 9.97 Å². The van der Waals surface area contributed by atoms with E-state index in [1.165, 1.54) is 0 Å². The van der Waals surface area contributed by atoms with Gasteiger partial charge >= 0.3 is 0 Å². The molecule has 1 atom stereocenters. The van der Waals surface area contributed by atoms with Crippen LogP contribution in [-0.4, -0.2) is 33.9 Å². The van der Waals surface area contributed by atoms with E-state index in [0.717, 1.165) is 41.6 Å². The van der Waals surface area contributed by atoms with Crippen LogP contribution in [0.1, 0.15) is 46.5 Å². The van der Waals surface area contributed by atoms with Crippen LogP contribution < -0.4 is 0 Å². The van der Waals surface area contributed by atoms with Crippen LogP contribution in [0.15, 0.2) is 71.3 Å². The molecule has 3 heterocycles. The molecule has 1 amide bonds. The van der Waals surface area contributed by atoms with Crippen LogP contribution in [0.2, 0.25) is 5.02 Å². The zero-order chi connectivity index (χ0) is 21.2. The normalized spacial score (nSPS) is 16.5. The lowest BCUT2D eigenvalue weighted by atomic mass is 9.97. The molecule has 0 spiro atoms. The highest BCUT2D eigenvalue weighted by atomic mass is 35.5. The predicted octanol–water partition coefficient (Wildman–Crippen LogP) is 5.49. The van der Waals surface area contributed by atoms with Crippen molar-refractivity contribution in [2.75, 3.05) is 13.1 Å². The van der Waals surface area contributed by atoms with Gasteiger partial charge in [-0.05, 0) is 42.7 Å². The molecule has 1 fully saturated rings. The van der Waals surface area contributed by atoms with E-state index in [1.54, 1.807) is 6.20 Å². The van der Waals surface area contributed by atoms with E-state index in [1.807, 2.05) is 65.6 Å². The number of aromatic nitrogens is 2. The summed E-state index contributed by atoms with van der Waals surface area (Å²) in [6, 6.07) is 19.3. The number of halogens is 1. The van der Waals surface area contributed by atoms with Crippen molar-refractivity contribution in [2.45, 2.75) is 25.2 Å². The van der Waals surface area contributed by atoms with Crippen molar-refractivity contribution in [2.24, 2.45) is 0 Å². The molecule has 1 aliphatic rings. The lowest BCUT2D eigenvalue weighted by Crippen LogP contribution is -2.39. The number of benzene rings is 2. The predicted molar refractivity (Wildman–Crippen MR) is 120 cm³/mol. The van der Waals surface area contributed by atoms with Crippen molar-refractivity contribution in [3.63, 3.8) is 0 Å². The second kappa shape index (κ2) is 8.52. The number of likely N-dealkylation sites (tertiary alicyclic amines) is 1. The minimum Gasteiger partial charge on any atom is -0.445 e. The Labute approximate surface area is 185 Å². The van der Waals surface area contributed by atoms with Gasteiger partial charge < -0.3 is 9.32 Å². The van der Waals surface area contributed by atoms with Gasteiger partial charge in [0.05, 0.1) is 17.6 Å². The van der Waals surface area contributed by atoms with E-state index in [0.29, 0.717) is 29.6 Å². The molecule has 156 valence electrons. The average Bonchev–Trinajstić information content (AvgIpc) is 3.27. The topological polar surface area (TPSA) is 59.2 Å². The number of carbonyl (C=O) groups excluding carboxylic acids is 1. The quantitative estimate of drug-likeness (QED) is 0.429. The molecule has 1 saturated heterocycles. The standard InChI is InChI=1S/C25H22ClN3O2/c26-20-8-3-5-17(13-20)14-21-15-27-24(31-21)19-7-4-12-29(16-19)25(30)23-11-10-18-6-1-2-9-22(18)28-23/h1-3,5-6,8-11,13,15,19H,4,7,12,14,16H2. The van der Waals surface area contributed by atoms with Crippen molar-refractivity contribution < 1.29 is 9.21 Å². The first-order chi connectivity index (χ1) is 15.2.